The summed E-state index contributed by atoms with van der Waals surface area (Å²) in [5.41, 5.74) is 1.15. The lowest BCUT2D eigenvalue weighted by Crippen LogP contribution is -2.18. The Balaban J connectivity index is 2.09. The highest BCUT2D eigenvalue weighted by molar-refractivity contribution is 7.93. The fraction of sp³-hybridized carbons (Fsp3) is 0.0909. The van der Waals surface area contributed by atoms with Gasteiger partial charge in [-0.25, -0.2) is 16.8 Å². The molecular formula is C22H18N4O4S2. The van der Waals surface area contributed by atoms with Crippen LogP contribution in [-0.4, -0.2) is 16.8 Å². The molecule has 0 aromatic heterocycles. The van der Waals surface area contributed by atoms with Crippen molar-refractivity contribution in [1.29, 1.82) is 10.5 Å². The molecule has 0 saturated carbocycles. The average Bonchev–Trinajstić information content (AvgIpc) is 2.74. The lowest BCUT2D eigenvalue weighted by atomic mass is 10.1. The van der Waals surface area contributed by atoms with Gasteiger partial charge in [-0.2, -0.15) is 10.5 Å². The Morgan fingerprint density at radius 2 is 0.938 bits per heavy atom. The number of hydrogen-bond acceptors (Lipinski definition) is 6. The van der Waals surface area contributed by atoms with Crippen molar-refractivity contribution in [2.24, 2.45) is 0 Å². The van der Waals surface area contributed by atoms with E-state index >= 15 is 0 Å². The van der Waals surface area contributed by atoms with Gasteiger partial charge in [0.15, 0.2) is 0 Å². The van der Waals surface area contributed by atoms with Gasteiger partial charge >= 0.3 is 0 Å². The summed E-state index contributed by atoms with van der Waals surface area (Å²) < 4.78 is 56.1. The molecule has 0 radical (unpaired) electrons. The summed E-state index contributed by atoms with van der Waals surface area (Å²) in [6, 6.07) is 18.0. The van der Waals surface area contributed by atoms with Crippen LogP contribution in [0.2, 0.25) is 0 Å². The summed E-state index contributed by atoms with van der Waals surface area (Å²) in [6.45, 7) is 3.61. The van der Waals surface area contributed by atoms with Crippen LogP contribution in [0.15, 0.2) is 70.5 Å². The van der Waals surface area contributed by atoms with Gasteiger partial charge in [0.05, 0.1) is 32.3 Å². The molecule has 0 aliphatic carbocycles. The Hall–Kier alpha value is -3.86. The molecule has 3 aromatic rings. The van der Waals surface area contributed by atoms with Crippen molar-refractivity contribution in [3.05, 3.63) is 82.9 Å². The number of hydrogen-bond donors (Lipinski definition) is 2. The Labute approximate surface area is 186 Å². The maximum absolute atomic E-state index is 12.9. The predicted octanol–water partition coefficient (Wildman–Crippen LogP) is 3.65. The van der Waals surface area contributed by atoms with Crippen molar-refractivity contribution in [3.63, 3.8) is 0 Å². The number of sulfonamides is 2. The molecule has 0 aliphatic rings. The summed E-state index contributed by atoms with van der Waals surface area (Å²) in [7, 11) is -8.20. The summed E-state index contributed by atoms with van der Waals surface area (Å²) in [5.74, 6) is 0. The molecule has 0 aliphatic heterocycles. The fourth-order valence-electron chi connectivity index (χ4n) is 2.80. The van der Waals surface area contributed by atoms with Crippen LogP contribution in [0.25, 0.3) is 0 Å². The molecule has 0 amide bonds. The summed E-state index contributed by atoms with van der Waals surface area (Å²) in [4.78, 5) is -0.0865. The van der Waals surface area contributed by atoms with Gasteiger partial charge in [0.1, 0.15) is 12.1 Å². The minimum atomic E-state index is -4.10. The number of nitriles is 2. The first-order valence-corrected chi connectivity index (χ1v) is 12.2. The zero-order chi connectivity index (χ0) is 23.5. The van der Waals surface area contributed by atoms with Crippen LogP contribution in [-0.2, 0) is 20.0 Å². The molecule has 0 saturated heterocycles. The lowest BCUT2D eigenvalue weighted by molar-refractivity contribution is 0.599. The molecule has 0 atom stereocenters. The molecule has 8 nitrogen and oxygen atoms in total. The second-order valence-electron chi connectivity index (χ2n) is 7.00. The van der Waals surface area contributed by atoms with E-state index in [2.05, 4.69) is 9.44 Å². The molecule has 0 fully saturated rings. The van der Waals surface area contributed by atoms with E-state index in [0.29, 0.717) is 0 Å². The van der Waals surface area contributed by atoms with Crippen molar-refractivity contribution in [2.75, 3.05) is 9.44 Å². The highest BCUT2D eigenvalue weighted by atomic mass is 32.2. The van der Waals surface area contributed by atoms with Gasteiger partial charge in [-0.15, -0.1) is 0 Å². The van der Waals surface area contributed by atoms with Gasteiger partial charge in [-0.05, 0) is 50.2 Å². The summed E-state index contributed by atoms with van der Waals surface area (Å²) in [5, 5.41) is 18.7. The van der Waals surface area contributed by atoms with Gasteiger partial charge < -0.3 is 0 Å². The van der Waals surface area contributed by atoms with E-state index in [4.69, 9.17) is 0 Å². The van der Waals surface area contributed by atoms with Crippen LogP contribution >= 0.6 is 0 Å². The van der Waals surface area contributed by atoms with E-state index in [1.165, 1.54) is 24.3 Å². The van der Waals surface area contributed by atoms with E-state index in [1.807, 2.05) is 26.0 Å². The lowest BCUT2D eigenvalue weighted by Gasteiger charge is -2.16. The number of anilines is 2. The molecule has 162 valence electrons. The smallest absolute Gasteiger partial charge is 0.261 e. The molecular weight excluding hydrogens is 448 g/mol. The summed E-state index contributed by atoms with van der Waals surface area (Å²) >= 11 is 0. The number of nitrogens with zero attached hydrogens (tertiary/aromatic N) is 2. The Morgan fingerprint density at radius 3 is 1.22 bits per heavy atom. The van der Waals surface area contributed by atoms with Crippen molar-refractivity contribution in [1.82, 2.24) is 0 Å². The van der Waals surface area contributed by atoms with Crippen molar-refractivity contribution in [2.45, 2.75) is 23.6 Å². The van der Waals surface area contributed by atoms with Crippen LogP contribution in [0.5, 0.6) is 0 Å². The monoisotopic (exact) mass is 466 g/mol. The van der Waals surface area contributed by atoms with Crippen molar-refractivity contribution in [3.8, 4) is 12.1 Å². The maximum atomic E-state index is 12.9. The SMILES string of the molecule is Cc1ccc(S(=O)(=O)Nc2cc(C#N)c(C#N)cc2NS(=O)(=O)c2ccc(C)cc2)cc1. The first kappa shape index (κ1) is 22.8. The second kappa shape index (κ2) is 8.71. The number of aryl methyl sites for hydroxylation is 2. The third-order valence-corrected chi connectivity index (χ3v) is 7.31. The zero-order valence-corrected chi connectivity index (χ0v) is 18.8. The molecule has 0 bridgehead atoms. The maximum Gasteiger partial charge on any atom is 0.261 e. The first-order valence-electron chi connectivity index (χ1n) is 9.23. The molecule has 3 aromatic carbocycles. The molecule has 2 N–H and O–H groups in total. The van der Waals surface area contributed by atoms with Gasteiger partial charge in [-0.1, -0.05) is 35.4 Å². The Morgan fingerprint density at radius 1 is 0.625 bits per heavy atom. The number of benzene rings is 3. The van der Waals surface area contributed by atoms with Gasteiger partial charge in [0.2, 0.25) is 0 Å². The number of rotatable bonds is 6. The van der Waals surface area contributed by atoms with Crippen molar-refractivity contribution >= 4 is 31.4 Å². The van der Waals surface area contributed by atoms with Gasteiger partial charge in [0, 0.05) is 0 Å². The first-order chi connectivity index (χ1) is 15.1. The molecule has 32 heavy (non-hydrogen) atoms. The molecule has 10 heteroatoms. The van der Waals surface area contributed by atoms with Crippen LogP contribution < -0.4 is 9.44 Å². The van der Waals surface area contributed by atoms with E-state index in [-0.39, 0.29) is 32.3 Å². The molecule has 0 heterocycles. The van der Waals surface area contributed by atoms with Crippen molar-refractivity contribution < 1.29 is 16.8 Å². The summed E-state index contributed by atoms with van der Waals surface area (Å²) in [6.07, 6.45) is 0. The number of nitrogens with one attached hydrogen (secondary N) is 2. The van der Waals surface area contributed by atoms with E-state index in [1.54, 1.807) is 24.3 Å². The Kier molecular flexibility index (Phi) is 6.21. The topological polar surface area (TPSA) is 140 Å². The van der Waals surface area contributed by atoms with Crippen LogP contribution in [0.4, 0.5) is 11.4 Å². The minimum Gasteiger partial charge on any atom is -0.277 e. The van der Waals surface area contributed by atoms with Gasteiger partial charge in [0.25, 0.3) is 20.0 Å². The average molecular weight is 467 g/mol. The largest absolute Gasteiger partial charge is 0.277 e. The second-order valence-corrected chi connectivity index (χ2v) is 10.4. The van der Waals surface area contributed by atoms with E-state index < -0.39 is 20.0 Å². The van der Waals surface area contributed by atoms with E-state index in [9.17, 15) is 27.4 Å². The molecule has 0 spiro atoms. The predicted molar refractivity (Wildman–Crippen MR) is 120 cm³/mol. The molecule has 3 rings (SSSR count). The van der Waals surface area contributed by atoms with Crippen LogP contribution in [0, 0.1) is 36.5 Å². The normalized spacial score (nSPS) is 11.2. The van der Waals surface area contributed by atoms with Crippen LogP contribution in [0.3, 0.4) is 0 Å². The van der Waals surface area contributed by atoms with E-state index in [0.717, 1.165) is 23.3 Å². The zero-order valence-electron chi connectivity index (χ0n) is 17.1. The fourth-order valence-corrected chi connectivity index (χ4v) is 4.94. The third-order valence-electron chi connectivity index (χ3n) is 4.55. The minimum absolute atomic E-state index is 0.0432. The molecule has 0 unspecified atom stereocenters. The standard InChI is InChI=1S/C22H18N4O4S2/c1-15-3-7-19(8-4-15)31(27,28)25-21-11-17(13-23)18(14-24)12-22(21)26-32(29,30)20-9-5-16(2)6-10-20/h3-12,25-26H,1-2H3. The Bertz CT molecular complexity index is 1350. The highest BCUT2D eigenvalue weighted by Gasteiger charge is 2.22. The van der Waals surface area contributed by atoms with Gasteiger partial charge in [-0.3, -0.25) is 9.44 Å². The van der Waals surface area contributed by atoms with Crippen LogP contribution in [0.1, 0.15) is 22.3 Å². The highest BCUT2D eigenvalue weighted by Crippen LogP contribution is 2.30. The quantitative estimate of drug-likeness (QED) is 0.568. The third kappa shape index (κ3) is 4.89.